The van der Waals surface area contributed by atoms with Crippen molar-refractivity contribution >= 4 is 35.6 Å². The summed E-state index contributed by atoms with van der Waals surface area (Å²) in [6.45, 7) is 4.95. The van der Waals surface area contributed by atoms with Gasteiger partial charge in [0.25, 0.3) is 0 Å². The molecule has 0 aliphatic rings. The average Bonchev–Trinajstić information content (AvgIpc) is 2.37. The molecule has 2 atom stereocenters. The number of carbonyl (C=O) groups is 2. The zero-order chi connectivity index (χ0) is 15.3. The zero-order valence-electron chi connectivity index (χ0n) is 12.6. The number of nitrogens with two attached hydrogens (primary N) is 1. The van der Waals surface area contributed by atoms with Gasteiger partial charge in [0.2, 0.25) is 11.8 Å². The molecule has 118 valence electrons. The Bertz CT molecular complexity index is 506. The lowest BCUT2D eigenvalue weighted by molar-refractivity contribution is -0.119. The van der Waals surface area contributed by atoms with Crippen molar-refractivity contribution in [2.45, 2.75) is 26.8 Å². The molecule has 0 radical (unpaired) electrons. The number of hydrogen-bond donors (Lipinski definition) is 3. The van der Waals surface area contributed by atoms with E-state index in [-0.39, 0.29) is 36.2 Å². The summed E-state index contributed by atoms with van der Waals surface area (Å²) < 4.78 is 5.14. The SMILES string of the molecule is COc1ccc(NC(=O)C(C)C(C)N)cc1NC(C)=O.Cl. The Hall–Kier alpha value is -1.79. The van der Waals surface area contributed by atoms with Gasteiger partial charge in [0.05, 0.1) is 18.7 Å². The van der Waals surface area contributed by atoms with Crippen LogP contribution >= 0.6 is 12.4 Å². The highest BCUT2D eigenvalue weighted by molar-refractivity contribution is 5.95. The van der Waals surface area contributed by atoms with Crippen molar-refractivity contribution in [1.82, 2.24) is 0 Å². The number of amides is 2. The molecule has 21 heavy (non-hydrogen) atoms. The minimum atomic E-state index is -0.304. The van der Waals surface area contributed by atoms with Crippen LogP contribution in [0.3, 0.4) is 0 Å². The predicted octanol–water partition coefficient (Wildman–Crippen LogP) is 2.00. The molecule has 7 heteroatoms. The van der Waals surface area contributed by atoms with Crippen LogP contribution in [0, 0.1) is 5.92 Å². The molecule has 0 aromatic heterocycles. The quantitative estimate of drug-likeness (QED) is 0.774. The van der Waals surface area contributed by atoms with Gasteiger partial charge in [0.1, 0.15) is 5.75 Å². The Morgan fingerprint density at radius 1 is 1.24 bits per heavy atom. The Labute approximate surface area is 130 Å². The van der Waals surface area contributed by atoms with Crippen LogP contribution in [0.4, 0.5) is 11.4 Å². The first-order valence-corrected chi connectivity index (χ1v) is 6.37. The van der Waals surface area contributed by atoms with E-state index in [2.05, 4.69) is 10.6 Å². The fourth-order valence-electron chi connectivity index (χ4n) is 1.57. The van der Waals surface area contributed by atoms with E-state index in [1.165, 1.54) is 14.0 Å². The Morgan fingerprint density at radius 2 is 1.86 bits per heavy atom. The maximum absolute atomic E-state index is 11.9. The fraction of sp³-hybridized carbons (Fsp3) is 0.429. The van der Waals surface area contributed by atoms with Crippen LogP contribution in [0.15, 0.2) is 18.2 Å². The first kappa shape index (κ1) is 19.2. The molecule has 1 aromatic rings. The zero-order valence-corrected chi connectivity index (χ0v) is 13.4. The van der Waals surface area contributed by atoms with E-state index in [0.29, 0.717) is 17.1 Å². The molecular weight excluding hydrogens is 294 g/mol. The second kappa shape index (κ2) is 8.49. The van der Waals surface area contributed by atoms with Gasteiger partial charge in [-0.25, -0.2) is 0 Å². The molecule has 0 saturated heterocycles. The lowest BCUT2D eigenvalue weighted by Gasteiger charge is -2.16. The molecule has 0 bridgehead atoms. The summed E-state index contributed by atoms with van der Waals surface area (Å²) in [5.41, 5.74) is 6.78. The maximum Gasteiger partial charge on any atom is 0.228 e. The van der Waals surface area contributed by atoms with Crippen molar-refractivity contribution in [3.8, 4) is 5.75 Å². The van der Waals surface area contributed by atoms with Gasteiger partial charge in [-0.3, -0.25) is 9.59 Å². The molecule has 0 aliphatic heterocycles. The Balaban J connectivity index is 0.00000400. The number of carbonyl (C=O) groups excluding carboxylic acids is 2. The molecule has 0 saturated carbocycles. The highest BCUT2D eigenvalue weighted by Crippen LogP contribution is 2.28. The number of hydrogen-bond acceptors (Lipinski definition) is 4. The van der Waals surface area contributed by atoms with E-state index in [1.807, 2.05) is 0 Å². The molecule has 1 rings (SSSR count). The van der Waals surface area contributed by atoms with Gasteiger partial charge in [-0.1, -0.05) is 6.92 Å². The number of rotatable bonds is 5. The van der Waals surface area contributed by atoms with Crippen LogP contribution in [0.1, 0.15) is 20.8 Å². The van der Waals surface area contributed by atoms with Crippen LogP contribution in [-0.4, -0.2) is 25.0 Å². The van der Waals surface area contributed by atoms with E-state index < -0.39 is 0 Å². The van der Waals surface area contributed by atoms with Gasteiger partial charge in [-0.15, -0.1) is 12.4 Å². The minimum absolute atomic E-state index is 0. The lowest BCUT2D eigenvalue weighted by Crippen LogP contribution is -2.34. The van der Waals surface area contributed by atoms with Crippen molar-refractivity contribution in [3.63, 3.8) is 0 Å². The van der Waals surface area contributed by atoms with Gasteiger partial charge in [-0.2, -0.15) is 0 Å². The van der Waals surface area contributed by atoms with E-state index >= 15 is 0 Å². The molecular formula is C14H22ClN3O3. The van der Waals surface area contributed by atoms with Crippen LogP contribution in [0.5, 0.6) is 5.75 Å². The molecule has 6 nitrogen and oxygen atoms in total. The fourth-order valence-corrected chi connectivity index (χ4v) is 1.57. The molecule has 0 spiro atoms. The monoisotopic (exact) mass is 315 g/mol. The third-order valence-corrected chi connectivity index (χ3v) is 2.98. The molecule has 1 aromatic carbocycles. The van der Waals surface area contributed by atoms with Crippen molar-refractivity contribution in [1.29, 1.82) is 0 Å². The second-order valence-electron chi connectivity index (χ2n) is 4.73. The molecule has 2 unspecified atom stereocenters. The summed E-state index contributed by atoms with van der Waals surface area (Å²) in [6, 6.07) is 4.79. The standard InChI is InChI=1S/C14H21N3O3.ClH/c1-8(9(2)15)14(19)17-11-5-6-13(20-4)12(7-11)16-10(3)18;/h5-9H,15H2,1-4H3,(H,16,18)(H,17,19);1H. The Morgan fingerprint density at radius 3 is 2.33 bits per heavy atom. The second-order valence-corrected chi connectivity index (χ2v) is 4.73. The van der Waals surface area contributed by atoms with Crippen LogP contribution in [0.25, 0.3) is 0 Å². The van der Waals surface area contributed by atoms with Crippen molar-refractivity contribution in [2.24, 2.45) is 11.7 Å². The summed E-state index contributed by atoms with van der Waals surface area (Å²) in [5.74, 6) is -0.158. The van der Waals surface area contributed by atoms with Crippen LogP contribution in [-0.2, 0) is 9.59 Å². The number of methoxy groups -OCH3 is 1. The van der Waals surface area contributed by atoms with Gasteiger partial charge < -0.3 is 21.1 Å². The smallest absolute Gasteiger partial charge is 0.228 e. The highest BCUT2D eigenvalue weighted by atomic mass is 35.5. The van der Waals surface area contributed by atoms with Crippen LogP contribution < -0.4 is 21.1 Å². The maximum atomic E-state index is 11.9. The van der Waals surface area contributed by atoms with Crippen molar-refractivity contribution in [2.75, 3.05) is 17.7 Å². The molecule has 4 N–H and O–H groups in total. The number of benzene rings is 1. The third-order valence-electron chi connectivity index (χ3n) is 2.98. The summed E-state index contributed by atoms with van der Waals surface area (Å²) in [7, 11) is 1.51. The summed E-state index contributed by atoms with van der Waals surface area (Å²) in [5, 5.41) is 5.41. The van der Waals surface area contributed by atoms with Crippen molar-refractivity contribution in [3.05, 3.63) is 18.2 Å². The number of ether oxygens (including phenoxy) is 1. The van der Waals surface area contributed by atoms with E-state index in [4.69, 9.17) is 10.5 Å². The molecule has 0 heterocycles. The molecule has 2 amide bonds. The normalized spacial score (nSPS) is 12.6. The topological polar surface area (TPSA) is 93.4 Å². The van der Waals surface area contributed by atoms with Gasteiger partial charge in [0, 0.05) is 18.7 Å². The molecule has 0 aliphatic carbocycles. The Kier molecular flexibility index (Phi) is 7.76. The van der Waals surface area contributed by atoms with E-state index in [1.54, 1.807) is 32.0 Å². The number of halogens is 1. The predicted molar refractivity (Wildman–Crippen MR) is 86.0 cm³/mol. The summed E-state index contributed by atoms with van der Waals surface area (Å²) in [4.78, 5) is 23.1. The summed E-state index contributed by atoms with van der Waals surface area (Å²) >= 11 is 0. The largest absolute Gasteiger partial charge is 0.495 e. The minimum Gasteiger partial charge on any atom is -0.495 e. The lowest BCUT2D eigenvalue weighted by atomic mass is 10.0. The van der Waals surface area contributed by atoms with Gasteiger partial charge >= 0.3 is 0 Å². The van der Waals surface area contributed by atoms with Crippen molar-refractivity contribution < 1.29 is 14.3 Å². The van der Waals surface area contributed by atoms with E-state index in [9.17, 15) is 9.59 Å². The number of nitrogens with one attached hydrogen (secondary N) is 2. The van der Waals surface area contributed by atoms with E-state index in [0.717, 1.165) is 0 Å². The van der Waals surface area contributed by atoms with Gasteiger partial charge in [-0.05, 0) is 25.1 Å². The molecule has 0 fully saturated rings. The van der Waals surface area contributed by atoms with Gasteiger partial charge in [0.15, 0.2) is 0 Å². The average molecular weight is 316 g/mol. The third kappa shape index (κ3) is 5.61. The summed E-state index contributed by atoms with van der Waals surface area (Å²) in [6.07, 6.45) is 0. The first-order valence-electron chi connectivity index (χ1n) is 6.37. The van der Waals surface area contributed by atoms with Crippen LogP contribution in [0.2, 0.25) is 0 Å². The highest BCUT2D eigenvalue weighted by Gasteiger charge is 2.17. The number of anilines is 2. The first-order chi connectivity index (χ1) is 9.35.